The van der Waals surface area contributed by atoms with Crippen molar-refractivity contribution in [3.05, 3.63) is 0 Å². The van der Waals surface area contributed by atoms with E-state index in [1.54, 1.807) is 0 Å². The predicted molar refractivity (Wildman–Crippen MR) is 58.2 cm³/mol. The van der Waals surface area contributed by atoms with Gasteiger partial charge >= 0.3 is 0 Å². The minimum Gasteiger partial charge on any atom is -0.318 e. The van der Waals surface area contributed by atoms with Gasteiger partial charge in [-0.3, -0.25) is 14.5 Å². The number of imide groups is 1. The number of hydrogen-bond acceptors (Lipinski definition) is 3. The molecule has 0 aliphatic carbocycles. The van der Waals surface area contributed by atoms with E-state index >= 15 is 0 Å². The van der Waals surface area contributed by atoms with E-state index in [2.05, 4.69) is 5.32 Å². The van der Waals surface area contributed by atoms with Crippen molar-refractivity contribution in [2.24, 2.45) is 11.3 Å². The molecular weight excluding hydrogens is 192 g/mol. The summed E-state index contributed by atoms with van der Waals surface area (Å²) in [5.41, 5.74) is -0.124. The molecule has 86 valence electrons. The standard InChI is InChI=1S/C11H20N2O2/c1-11(2,3)8-7-9(14)13(10(8)15)6-5-12-4/h8,12H,5-7H2,1-4H3. The number of carbonyl (C=O) groups excluding carboxylic acids is 2. The molecule has 1 fully saturated rings. The van der Waals surface area contributed by atoms with Gasteiger partial charge in [0, 0.05) is 19.5 Å². The van der Waals surface area contributed by atoms with Gasteiger partial charge in [0.05, 0.1) is 5.92 Å². The van der Waals surface area contributed by atoms with Gasteiger partial charge in [-0.25, -0.2) is 0 Å². The van der Waals surface area contributed by atoms with Gasteiger partial charge in [0.25, 0.3) is 0 Å². The molecule has 0 aromatic rings. The Morgan fingerprint density at radius 3 is 2.40 bits per heavy atom. The SMILES string of the molecule is CNCCN1C(=O)CC(C(C)(C)C)C1=O. The Kier molecular flexibility index (Phi) is 3.50. The molecule has 1 heterocycles. The Morgan fingerprint density at radius 2 is 2.00 bits per heavy atom. The van der Waals surface area contributed by atoms with Crippen LogP contribution in [0.5, 0.6) is 0 Å². The first-order valence-electron chi connectivity index (χ1n) is 5.36. The molecule has 1 rings (SSSR count). The number of nitrogens with zero attached hydrogens (tertiary/aromatic N) is 1. The fraction of sp³-hybridized carbons (Fsp3) is 0.818. The summed E-state index contributed by atoms with van der Waals surface area (Å²) in [6.45, 7) is 7.16. The number of likely N-dealkylation sites (N-methyl/N-ethyl adjacent to an activating group) is 1. The maximum Gasteiger partial charge on any atom is 0.233 e. The average molecular weight is 212 g/mol. The van der Waals surface area contributed by atoms with Crippen molar-refractivity contribution in [1.82, 2.24) is 10.2 Å². The topological polar surface area (TPSA) is 49.4 Å². The molecule has 0 aromatic carbocycles. The fourth-order valence-corrected chi connectivity index (χ4v) is 1.82. The quantitative estimate of drug-likeness (QED) is 0.698. The lowest BCUT2D eigenvalue weighted by Gasteiger charge is -2.24. The molecule has 1 aliphatic rings. The summed E-state index contributed by atoms with van der Waals surface area (Å²) in [6.07, 6.45) is 0.367. The molecule has 4 nitrogen and oxygen atoms in total. The number of amides is 2. The zero-order valence-electron chi connectivity index (χ0n) is 9.96. The summed E-state index contributed by atoms with van der Waals surface area (Å²) in [6, 6.07) is 0. The second kappa shape index (κ2) is 4.31. The van der Waals surface area contributed by atoms with E-state index in [4.69, 9.17) is 0 Å². The molecular formula is C11H20N2O2. The van der Waals surface area contributed by atoms with Crippen LogP contribution >= 0.6 is 0 Å². The minimum atomic E-state index is -0.151. The van der Waals surface area contributed by atoms with E-state index in [9.17, 15) is 9.59 Å². The Morgan fingerprint density at radius 1 is 1.40 bits per heavy atom. The van der Waals surface area contributed by atoms with Gasteiger partial charge < -0.3 is 5.32 Å². The molecule has 2 amide bonds. The van der Waals surface area contributed by atoms with Crippen molar-refractivity contribution in [2.75, 3.05) is 20.1 Å². The third kappa shape index (κ3) is 2.56. The van der Waals surface area contributed by atoms with Gasteiger partial charge in [0.2, 0.25) is 11.8 Å². The van der Waals surface area contributed by atoms with E-state index < -0.39 is 0 Å². The van der Waals surface area contributed by atoms with Crippen LogP contribution in [0.4, 0.5) is 0 Å². The van der Waals surface area contributed by atoms with E-state index in [0.717, 1.165) is 0 Å². The normalized spacial score (nSPS) is 22.7. The van der Waals surface area contributed by atoms with Crippen LogP contribution in [0, 0.1) is 11.3 Å². The highest BCUT2D eigenvalue weighted by Gasteiger charge is 2.44. The van der Waals surface area contributed by atoms with Crippen LogP contribution in [0.15, 0.2) is 0 Å². The van der Waals surface area contributed by atoms with Crippen molar-refractivity contribution in [3.63, 3.8) is 0 Å². The van der Waals surface area contributed by atoms with Crippen molar-refractivity contribution < 1.29 is 9.59 Å². The van der Waals surface area contributed by atoms with Crippen LogP contribution < -0.4 is 5.32 Å². The molecule has 1 unspecified atom stereocenters. The molecule has 15 heavy (non-hydrogen) atoms. The van der Waals surface area contributed by atoms with Crippen LogP contribution in [0.1, 0.15) is 27.2 Å². The maximum absolute atomic E-state index is 11.9. The van der Waals surface area contributed by atoms with Gasteiger partial charge in [-0.1, -0.05) is 20.8 Å². The van der Waals surface area contributed by atoms with Gasteiger partial charge in [0.15, 0.2) is 0 Å². The maximum atomic E-state index is 11.9. The van der Waals surface area contributed by atoms with Gasteiger partial charge in [0.1, 0.15) is 0 Å². The van der Waals surface area contributed by atoms with E-state index in [1.807, 2.05) is 27.8 Å². The predicted octanol–water partition coefficient (Wildman–Crippen LogP) is 0.627. The van der Waals surface area contributed by atoms with Gasteiger partial charge in [-0.2, -0.15) is 0 Å². The zero-order chi connectivity index (χ0) is 11.6. The van der Waals surface area contributed by atoms with Crippen LogP contribution in [0.25, 0.3) is 0 Å². The third-order valence-corrected chi connectivity index (χ3v) is 2.87. The number of carbonyl (C=O) groups is 2. The summed E-state index contributed by atoms with van der Waals surface area (Å²) in [4.78, 5) is 25.0. The summed E-state index contributed by atoms with van der Waals surface area (Å²) < 4.78 is 0. The highest BCUT2D eigenvalue weighted by Crippen LogP contribution is 2.35. The summed E-state index contributed by atoms with van der Waals surface area (Å²) in [5, 5.41) is 2.94. The number of likely N-dealkylation sites (tertiary alicyclic amines) is 1. The largest absolute Gasteiger partial charge is 0.318 e. The van der Waals surface area contributed by atoms with E-state index in [-0.39, 0.29) is 23.1 Å². The molecule has 0 aromatic heterocycles. The summed E-state index contributed by atoms with van der Waals surface area (Å²) >= 11 is 0. The van der Waals surface area contributed by atoms with Crippen LogP contribution in [0.3, 0.4) is 0 Å². The third-order valence-electron chi connectivity index (χ3n) is 2.87. The van der Waals surface area contributed by atoms with Gasteiger partial charge in [-0.15, -0.1) is 0 Å². The van der Waals surface area contributed by atoms with Crippen LogP contribution in [0.2, 0.25) is 0 Å². The average Bonchev–Trinajstić information content (AvgIpc) is 2.39. The molecule has 1 atom stereocenters. The van der Waals surface area contributed by atoms with Crippen LogP contribution in [-0.4, -0.2) is 36.9 Å². The van der Waals surface area contributed by atoms with Crippen molar-refractivity contribution in [2.45, 2.75) is 27.2 Å². The highest BCUT2D eigenvalue weighted by atomic mass is 16.2. The molecule has 0 radical (unpaired) electrons. The molecule has 0 spiro atoms. The smallest absolute Gasteiger partial charge is 0.233 e. The first-order valence-corrected chi connectivity index (χ1v) is 5.36. The number of nitrogens with one attached hydrogen (secondary N) is 1. The lowest BCUT2D eigenvalue weighted by molar-refractivity contribution is -0.140. The fourth-order valence-electron chi connectivity index (χ4n) is 1.82. The summed E-state index contributed by atoms with van der Waals surface area (Å²) in [7, 11) is 1.81. The lowest BCUT2D eigenvalue weighted by Crippen LogP contribution is -2.37. The zero-order valence-corrected chi connectivity index (χ0v) is 9.96. The first kappa shape index (κ1) is 12.2. The highest BCUT2D eigenvalue weighted by molar-refractivity contribution is 6.03. The number of hydrogen-bond donors (Lipinski definition) is 1. The van der Waals surface area contributed by atoms with Crippen LogP contribution in [-0.2, 0) is 9.59 Å². The molecule has 1 saturated heterocycles. The Bertz CT molecular complexity index is 268. The Hall–Kier alpha value is -0.900. The summed E-state index contributed by atoms with van der Waals surface area (Å²) in [5.74, 6) is -0.195. The van der Waals surface area contributed by atoms with Crippen molar-refractivity contribution >= 4 is 11.8 Å². The molecule has 1 N–H and O–H groups in total. The second-order valence-corrected chi connectivity index (χ2v) is 5.11. The van der Waals surface area contributed by atoms with Crippen molar-refractivity contribution in [1.29, 1.82) is 0 Å². The Balaban J connectivity index is 2.71. The van der Waals surface area contributed by atoms with E-state index in [0.29, 0.717) is 19.5 Å². The monoisotopic (exact) mass is 212 g/mol. The molecule has 4 heteroatoms. The molecule has 0 saturated carbocycles. The first-order chi connectivity index (χ1) is 6.88. The Labute approximate surface area is 91.0 Å². The molecule has 1 aliphatic heterocycles. The second-order valence-electron chi connectivity index (χ2n) is 5.11. The van der Waals surface area contributed by atoms with Crippen molar-refractivity contribution in [3.8, 4) is 0 Å². The lowest BCUT2D eigenvalue weighted by atomic mass is 9.80. The molecule has 0 bridgehead atoms. The minimum absolute atomic E-state index is 0.0113. The van der Waals surface area contributed by atoms with Gasteiger partial charge in [-0.05, 0) is 12.5 Å². The van der Waals surface area contributed by atoms with E-state index in [1.165, 1.54) is 4.90 Å². The number of rotatable bonds is 3.